The molecule has 7 nitrogen and oxygen atoms in total. The highest BCUT2D eigenvalue weighted by molar-refractivity contribution is 6.09. The second-order valence-electron chi connectivity index (χ2n) is 7.12. The van der Waals surface area contributed by atoms with Crippen LogP contribution in [0.25, 0.3) is 0 Å². The van der Waals surface area contributed by atoms with E-state index >= 15 is 0 Å². The van der Waals surface area contributed by atoms with E-state index in [1.165, 1.54) is 35.2 Å². The highest BCUT2D eigenvalue weighted by Gasteiger charge is 2.44. The predicted molar refractivity (Wildman–Crippen MR) is 102 cm³/mol. The first-order valence-corrected chi connectivity index (χ1v) is 9.26. The van der Waals surface area contributed by atoms with E-state index in [2.05, 4.69) is 10.6 Å². The minimum Gasteiger partial charge on any atom is -0.323 e. The maximum atomic E-state index is 13.1. The van der Waals surface area contributed by atoms with Crippen molar-refractivity contribution in [3.05, 3.63) is 65.5 Å². The van der Waals surface area contributed by atoms with Crippen molar-refractivity contribution in [2.45, 2.75) is 31.3 Å². The molecular formula is C21H18FN3O4. The Hall–Kier alpha value is -3.55. The Morgan fingerprint density at radius 1 is 1.03 bits per heavy atom. The van der Waals surface area contributed by atoms with Gasteiger partial charge in [0.05, 0.1) is 6.42 Å². The fourth-order valence-electron chi connectivity index (χ4n) is 3.36. The lowest BCUT2D eigenvalue weighted by molar-refractivity contribution is -0.126. The Balaban J connectivity index is 1.53. The van der Waals surface area contributed by atoms with Gasteiger partial charge in [0.2, 0.25) is 11.8 Å². The number of rotatable bonds is 5. The Kier molecular flexibility index (Phi) is 4.84. The summed E-state index contributed by atoms with van der Waals surface area (Å²) in [6, 6.07) is 10.6. The van der Waals surface area contributed by atoms with Crippen molar-refractivity contribution in [1.29, 1.82) is 0 Å². The number of nitrogens with zero attached hydrogens (tertiary/aromatic N) is 1. The van der Waals surface area contributed by atoms with Crippen LogP contribution in [0.5, 0.6) is 0 Å². The van der Waals surface area contributed by atoms with E-state index in [0.29, 0.717) is 11.3 Å². The maximum absolute atomic E-state index is 13.1. The maximum Gasteiger partial charge on any atom is 0.255 e. The third-order valence-corrected chi connectivity index (χ3v) is 4.93. The molecule has 0 bridgehead atoms. The van der Waals surface area contributed by atoms with Crippen molar-refractivity contribution >= 4 is 29.3 Å². The first kappa shape index (κ1) is 18.8. The molecule has 1 atom stereocenters. The molecule has 2 aliphatic rings. The SMILES string of the molecule is O=C1CC(N(C(=O)c2cccc(NC(=O)c3ccc(F)cc3)c2)C2CC2)C(=O)N1. The van der Waals surface area contributed by atoms with E-state index in [1.54, 1.807) is 18.2 Å². The van der Waals surface area contributed by atoms with Gasteiger partial charge in [0, 0.05) is 22.9 Å². The average molecular weight is 395 g/mol. The summed E-state index contributed by atoms with van der Waals surface area (Å²) in [5.41, 5.74) is 0.984. The zero-order chi connectivity index (χ0) is 20.5. The van der Waals surface area contributed by atoms with E-state index in [4.69, 9.17) is 0 Å². The first-order chi connectivity index (χ1) is 13.9. The van der Waals surface area contributed by atoms with Crippen LogP contribution in [0.2, 0.25) is 0 Å². The van der Waals surface area contributed by atoms with Gasteiger partial charge in [0.25, 0.3) is 11.8 Å². The van der Waals surface area contributed by atoms with Crippen LogP contribution in [-0.2, 0) is 9.59 Å². The van der Waals surface area contributed by atoms with Crippen molar-refractivity contribution in [2.75, 3.05) is 5.32 Å². The summed E-state index contributed by atoms with van der Waals surface area (Å²) in [6.45, 7) is 0. The molecule has 1 heterocycles. The molecule has 1 aliphatic carbocycles. The molecule has 1 saturated carbocycles. The van der Waals surface area contributed by atoms with Crippen LogP contribution in [0, 0.1) is 5.82 Å². The summed E-state index contributed by atoms with van der Waals surface area (Å²) < 4.78 is 13.0. The topological polar surface area (TPSA) is 95.6 Å². The predicted octanol–water partition coefficient (Wildman–Crippen LogP) is 2.10. The fourth-order valence-corrected chi connectivity index (χ4v) is 3.36. The minimum absolute atomic E-state index is 0.0396. The first-order valence-electron chi connectivity index (χ1n) is 9.26. The lowest BCUT2D eigenvalue weighted by Crippen LogP contribution is -2.45. The van der Waals surface area contributed by atoms with Gasteiger partial charge in [0.1, 0.15) is 11.9 Å². The van der Waals surface area contributed by atoms with Crippen molar-refractivity contribution in [1.82, 2.24) is 10.2 Å². The van der Waals surface area contributed by atoms with Gasteiger partial charge in [-0.3, -0.25) is 24.5 Å². The molecule has 148 valence electrons. The Bertz CT molecular complexity index is 1000. The summed E-state index contributed by atoms with van der Waals surface area (Å²) in [7, 11) is 0. The second kappa shape index (κ2) is 7.46. The zero-order valence-corrected chi connectivity index (χ0v) is 15.4. The average Bonchev–Trinajstić information content (AvgIpc) is 3.47. The molecule has 2 aromatic rings. The quantitative estimate of drug-likeness (QED) is 0.758. The number of carbonyl (C=O) groups excluding carboxylic acids is 4. The largest absolute Gasteiger partial charge is 0.323 e. The molecule has 2 fully saturated rings. The molecule has 1 saturated heterocycles. The Morgan fingerprint density at radius 2 is 1.76 bits per heavy atom. The Labute approximate surface area is 165 Å². The molecular weight excluding hydrogens is 377 g/mol. The number of imide groups is 1. The van der Waals surface area contributed by atoms with Crippen LogP contribution in [0.3, 0.4) is 0 Å². The van der Waals surface area contributed by atoms with Crippen molar-refractivity contribution in [3.8, 4) is 0 Å². The lowest BCUT2D eigenvalue weighted by Gasteiger charge is -2.27. The van der Waals surface area contributed by atoms with E-state index in [0.717, 1.165) is 12.8 Å². The molecule has 2 N–H and O–H groups in total. The van der Waals surface area contributed by atoms with Crippen LogP contribution < -0.4 is 10.6 Å². The van der Waals surface area contributed by atoms with E-state index < -0.39 is 29.6 Å². The number of nitrogens with one attached hydrogen (secondary N) is 2. The number of amides is 4. The van der Waals surface area contributed by atoms with Crippen molar-refractivity contribution in [2.24, 2.45) is 0 Å². The number of anilines is 1. The molecule has 0 spiro atoms. The highest BCUT2D eigenvalue weighted by atomic mass is 19.1. The third kappa shape index (κ3) is 4.01. The zero-order valence-electron chi connectivity index (χ0n) is 15.4. The standard InChI is InChI=1S/C21H18FN3O4/c22-14-6-4-12(5-7-14)19(27)23-15-3-1-2-13(10-15)21(29)25(16-8-9-16)17-11-18(26)24-20(17)28/h1-7,10,16-17H,8-9,11H2,(H,23,27)(H,24,26,28). The van der Waals surface area contributed by atoms with Gasteiger partial charge in [0.15, 0.2) is 0 Å². The summed E-state index contributed by atoms with van der Waals surface area (Å²) in [5, 5.41) is 4.92. The fraction of sp³-hybridized carbons (Fsp3) is 0.238. The molecule has 8 heteroatoms. The van der Waals surface area contributed by atoms with Gasteiger partial charge < -0.3 is 10.2 Å². The monoisotopic (exact) mass is 395 g/mol. The molecule has 4 rings (SSSR count). The minimum atomic E-state index is -0.806. The van der Waals surface area contributed by atoms with Gasteiger partial charge in [-0.15, -0.1) is 0 Å². The van der Waals surface area contributed by atoms with Crippen molar-refractivity contribution < 1.29 is 23.6 Å². The van der Waals surface area contributed by atoms with Gasteiger partial charge in [-0.05, 0) is 55.3 Å². The summed E-state index contributed by atoms with van der Waals surface area (Å²) in [4.78, 5) is 50.5. The van der Waals surface area contributed by atoms with Crippen LogP contribution in [0.4, 0.5) is 10.1 Å². The Morgan fingerprint density at radius 3 is 2.38 bits per heavy atom. The summed E-state index contributed by atoms with van der Waals surface area (Å²) in [5.74, 6) is -2.09. The summed E-state index contributed by atoms with van der Waals surface area (Å²) >= 11 is 0. The molecule has 1 unspecified atom stereocenters. The number of hydrogen-bond acceptors (Lipinski definition) is 4. The van der Waals surface area contributed by atoms with Gasteiger partial charge >= 0.3 is 0 Å². The van der Waals surface area contributed by atoms with Crippen molar-refractivity contribution in [3.63, 3.8) is 0 Å². The normalized spacial score (nSPS) is 18.3. The molecule has 0 aromatic heterocycles. The third-order valence-electron chi connectivity index (χ3n) is 4.93. The van der Waals surface area contributed by atoms with E-state index in [-0.39, 0.29) is 23.9 Å². The van der Waals surface area contributed by atoms with E-state index in [1.807, 2.05) is 0 Å². The molecule has 2 aromatic carbocycles. The van der Waals surface area contributed by atoms with Gasteiger partial charge in [-0.25, -0.2) is 4.39 Å². The van der Waals surface area contributed by atoms with Crippen LogP contribution >= 0.6 is 0 Å². The van der Waals surface area contributed by atoms with Crippen LogP contribution in [0.15, 0.2) is 48.5 Å². The smallest absolute Gasteiger partial charge is 0.255 e. The number of halogens is 1. The number of hydrogen-bond donors (Lipinski definition) is 2. The van der Waals surface area contributed by atoms with E-state index in [9.17, 15) is 23.6 Å². The molecule has 29 heavy (non-hydrogen) atoms. The molecule has 4 amide bonds. The lowest BCUT2D eigenvalue weighted by atomic mass is 10.1. The van der Waals surface area contributed by atoms with Gasteiger partial charge in [-0.1, -0.05) is 6.07 Å². The van der Waals surface area contributed by atoms with Gasteiger partial charge in [-0.2, -0.15) is 0 Å². The summed E-state index contributed by atoms with van der Waals surface area (Å²) in [6.07, 6.45) is 1.53. The number of carbonyl (C=O) groups is 4. The molecule has 0 radical (unpaired) electrons. The van der Waals surface area contributed by atoms with Crippen LogP contribution in [0.1, 0.15) is 40.0 Å². The second-order valence-corrected chi connectivity index (χ2v) is 7.12. The molecule has 1 aliphatic heterocycles. The number of benzene rings is 2. The van der Waals surface area contributed by atoms with Crippen LogP contribution in [-0.4, -0.2) is 40.6 Å². The highest BCUT2D eigenvalue weighted by Crippen LogP contribution is 2.32.